The predicted molar refractivity (Wildman–Crippen MR) is 91.5 cm³/mol. The molecule has 0 saturated heterocycles. The minimum Gasteiger partial charge on any atom is -0.455 e. The fraction of sp³-hybridized carbons (Fsp3) is 0.300. The Morgan fingerprint density at radius 1 is 1.12 bits per heavy atom. The Morgan fingerprint density at radius 3 is 2.71 bits per heavy atom. The van der Waals surface area contributed by atoms with E-state index in [1.54, 1.807) is 0 Å². The lowest BCUT2D eigenvalue weighted by atomic mass is 10.1. The van der Waals surface area contributed by atoms with Crippen LogP contribution in [0.5, 0.6) is 0 Å². The largest absolute Gasteiger partial charge is 0.455 e. The van der Waals surface area contributed by atoms with Crippen LogP contribution in [0, 0.1) is 6.92 Å². The molecule has 124 valence electrons. The molecule has 2 aromatic rings. The van der Waals surface area contributed by atoms with Gasteiger partial charge in [0.15, 0.2) is 6.61 Å². The molecule has 0 bridgehead atoms. The third-order valence-electron chi connectivity index (χ3n) is 4.43. The maximum Gasteiger partial charge on any atom is 0.310 e. The SMILES string of the molecule is Cc1ccccc1CC(=O)OCC(=O)N[C@H]1CCc2ccccc21. The number of amides is 1. The molecule has 1 amide bonds. The van der Waals surface area contributed by atoms with Gasteiger partial charge in [-0.1, -0.05) is 48.5 Å². The van der Waals surface area contributed by atoms with Crippen LogP contribution in [0.15, 0.2) is 48.5 Å². The molecule has 1 N–H and O–H groups in total. The summed E-state index contributed by atoms with van der Waals surface area (Å²) >= 11 is 0. The number of carbonyl (C=O) groups excluding carboxylic acids is 2. The van der Waals surface area contributed by atoms with Crippen LogP contribution in [-0.2, 0) is 27.2 Å². The highest BCUT2D eigenvalue weighted by atomic mass is 16.5. The Hall–Kier alpha value is -2.62. The van der Waals surface area contributed by atoms with Crippen LogP contribution in [-0.4, -0.2) is 18.5 Å². The van der Waals surface area contributed by atoms with E-state index in [9.17, 15) is 9.59 Å². The van der Waals surface area contributed by atoms with Crippen LogP contribution in [0.4, 0.5) is 0 Å². The summed E-state index contributed by atoms with van der Waals surface area (Å²) in [5.41, 5.74) is 4.41. The Labute approximate surface area is 141 Å². The normalized spacial score (nSPS) is 15.6. The van der Waals surface area contributed by atoms with E-state index in [2.05, 4.69) is 11.4 Å². The number of benzene rings is 2. The van der Waals surface area contributed by atoms with Gasteiger partial charge >= 0.3 is 5.97 Å². The average Bonchev–Trinajstić information content (AvgIpc) is 2.98. The summed E-state index contributed by atoms with van der Waals surface area (Å²) in [5.74, 6) is -0.638. The van der Waals surface area contributed by atoms with E-state index >= 15 is 0 Å². The molecule has 0 radical (unpaired) electrons. The van der Waals surface area contributed by atoms with Crippen LogP contribution in [0.1, 0.15) is 34.7 Å². The zero-order valence-electron chi connectivity index (χ0n) is 13.7. The van der Waals surface area contributed by atoms with Crippen molar-refractivity contribution < 1.29 is 14.3 Å². The Balaban J connectivity index is 1.48. The molecule has 0 heterocycles. The predicted octanol–water partition coefficient (Wildman–Crippen LogP) is 2.88. The van der Waals surface area contributed by atoms with E-state index in [1.165, 1.54) is 5.56 Å². The molecule has 0 aromatic heterocycles. The third-order valence-corrected chi connectivity index (χ3v) is 4.43. The average molecular weight is 323 g/mol. The van der Waals surface area contributed by atoms with Crippen molar-refractivity contribution >= 4 is 11.9 Å². The summed E-state index contributed by atoms with van der Waals surface area (Å²) in [6, 6.07) is 15.8. The minimum absolute atomic E-state index is 0.0174. The second-order valence-corrected chi connectivity index (χ2v) is 6.12. The topological polar surface area (TPSA) is 55.4 Å². The van der Waals surface area contributed by atoms with Crippen molar-refractivity contribution in [3.8, 4) is 0 Å². The first-order valence-electron chi connectivity index (χ1n) is 8.21. The van der Waals surface area contributed by atoms with Crippen LogP contribution >= 0.6 is 0 Å². The van der Waals surface area contributed by atoms with Crippen LogP contribution < -0.4 is 5.32 Å². The molecule has 0 fully saturated rings. The molecule has 2 aromatic carbocycles. The summed E-state index contributed by atoms with van der Waals surface area (Å²) in [5, 5.41) is 2.95. The number of hydrogen-bond acceptors (Lipinski definition) is 3. The molecule has 0 spiro atoms. The number of aryl methyl sites for hydroxylation is 2. The molecule has 24 heavy (non-hydrogen) atoms. The summed E-state index contributed by atoms with van der Waals surface area (Å²) in [4.78, 5) is 23.9. The van der Waals surface area contributed by atoms with Gasteiger partial charge in [-0.05, 0) is 42.0 Å². The Kier molecular flexibility index (Phi) is 4.94. The fourth-order valence-electron chi connectivity index (χ4n) is 3.10. The number of carbonyl (C=O) groups is 2. The van der Waals surface area contributed by atoms with Crippen molar-refractivity contribution in [2.45, 2.75) is 32.2 Å². The zero-order valence-corrected chi connectivity index (χ0v) is 13.7. The van der Waals surface area contributed by atoms with Gasteiger partial charge in [-0.3, -0.25) is 9.59 Å². The van der Waals surface area contributed by atoms with Gasteiger partial charge in [-0.25, -0.2) is 0 Å². The van der Waals surface area contributed by atoms with Crippen molar-refractivity contribution in [1.29, 1.82) is 0 Å². The lowest BCUT2D eigenvalue weighted by Gasteiger charge is -2.14. The Bertz CT molecular complexity index is 754. The van der Waals surface area contributed by atoms with Gasteiger partial charge in [0, 0.05) is 0 Å². The number of esters is 1. The van der Waals surface area contributed by atoms with Crippen LogP contribution in [0.25, 0.3) is 0 Å². The molecule has 1 atom stereocenters. The maximum absolute atomic E-state index is 12.0. The van der Waals surface area contributed by atoms with Gasteiger partial charge in [0.1, 0.15) is 0 Å². The lowest BCUT2D eigenvalue weighted by Crippen LogP contribution is -2.31. The first kappa shape index (κ1) is 16.2. The minimum atomic E-state index is -0.383. The van der Waals surface area contributed by atoms with Crippen molar-refractivity contribution in [2.24, 2.45) is 0 Å². The number of hydrogen-bond donors (Lipinski definition) is 1. The molecule has 1 aliphatic carbocycles. The van der Waals surface area contributed by atoms with Gasteiger partial charge in [0.05, 0.1) is 12.5 Å². The number of fused-ring (bicyclic) bond motifs is 1. The first-order valence-corrected chi connectivity index (χ1v) is 8.21. The zero-order chi connectivity index (χ0) is 16.9. The highest BCUT2D eigenvalue weighted by Gasteiger charge is 2.23. The van der Waals surface area contributed by atoms with E-state index in [4.69, 9.17) is 4.74 Å². The second kappa shape index (κ2) is 7.30. The van der Waals surface area contributed by atoms with Crippen molar-refractivity contribution in [2.75, 3.05) is 6.61 Å². The van der Waals surface area contributed by atoms with Crippen molar-refractivity contribution in [3.63, 3.8) is 0 Å². The summed E-state index contributed by atoms with van der Waals surface area (Å²) < 4.78 is 5.11. The quantitative estimate of drug-likeness (QED) is 0.861. The summed E-state index contributed by atoms with van der Waals surface area (Å²) in [7, 11) is 0. The molecule has 1 aliphatic rings. The molecular weight excluding hydrogens is 302 g/mol. The van der Waals surface area contributed by atoms with Gasteiger partial charge in [0.25, 0.3) is 5.91 Å². The third kappa shape index (κ3) is 3.82. The molecular formula is C20H21NO3. The number of nitrogens with one attached hydrogen (secondary N) is 1. The molecule has 4 heteroatoms. The molecule has 4 nitrogen and oxygen atoms in total. The van der Waals surface area contributed by atoms with Gasteiger partial charge in [0.2, 0.25) is 0 Å². The van der Waals surface area contributed by atoms with Crippen molar-refractivity contribution in [1.82, 2.24) is 5.32 Å². The number of rotatable bonds is 5. The van der Waals surface area contributed by atoms with Crippen LogP contribution in [0.2, 0.25) is 0 Å². The Morgan fingerprint density at radius 2 is 1.88 bits per heavy atom. The standard InChI is InChI=1S/C20H21NO3/c1-14-6-2-3-8-16(14)12-20(23)24-13-19(22)21-18-11-10-15-7-4-5-9-17(15)18/h2-9,18H,10-13H2,1H3,(H,21,22)/t18-/m0/s1. The second-order valence-electron chi connectivity index (χ2n) is 6.12. The lowest BCUT2D eigenvalue weighted by molar-refractivity contribution is -0.148. The monoisotopic (exact) mass is 323 g/mol. The summed E-state index contributed by atoms with van der Waals surface area (Å²) in [6.45, 7) is 1.72. The first-order chi connectivity index (χ1) is 11.6. The highest BCUT2D eigenvalue weighted by molar-refractivity contribution is 5.81. The molecule has 0 aliphatic heterocycles. The molecule has 0 unspecified atom stereocenters. The van der Waals surface area contributed by atoms with E-state index in [0.717, 1.165) is 29.5 Å². The maximum atomic E-state index is 12.0. The van der Waals surface area contributed by atoms with Gasteiger partial charge in [-0.15, -0.1) is 0 Å². The van der Waals surface area contributed by atoms with E-state index in [1.807, 2.05) is 49.4 Å². The number of ether oxygens (including phenoxy) is 1. The van der Waals surface area contributed by atoms with Gasteiger partial charge in [-0.2, -0.15) is 0 Å². The van der Waals surface area contributed by atoms with E-state index in [-0.39, 0.29) is 30.9 Å². The summed E-state index contributed by atoms with van der Waals surface area (Å²) in [6.07, 6.45) is 2.04. The van der Waals surface area contributed by atoms with Crippen LogP contribution in [0.3, 0.4) is 0 Å². The highest BCUT2D eigenvalue weighted by Crippen LogP contribution is 2.30. The van der Waals surface area contributed by atoms with Crippen molar-refractivity contribution in [3.05, 3.63) is 70.8 Å². The van der Waals surface area contributed by atoms with E-state index < -0.39 is 0 Å². The molecule has 0 saturated carbocycles. The smallest absolute Gasteiger partial charge is 0.310 e. The molecule has 3 rings (SSSR count). The fourth-order valence-corrected chi connectivity index (χ4v) is 3.10. The van der Waals surface area contributed by atoms with E-state index in [0.29, 0.717) is 0 Å². The van der Waals surface area contributed by atoms with Gasteiger partial charge < -0.3 is 10.1 Å².